The van der Waals surface area contributed by atoms with Crippen molar-refractivity contribution >= 4 is 23.3 Å². The van der Waals surface area contributed by atoms with Crippen LogP contribution in [0.5, 0.6) is 0 Å². The molecule has 1 aromatic heterocycles. The van der Waals surface area contributed by atoms with Gasteiger partial charge in [0, 0.05) is 7.05 Å². The molecule has 0 saturated heterocycles. The lowest BCUT2D eigenvalue weighted by atomic mass is 9.88. The van der Waals surface area contributed by atoms with Crippen LogP contribution in [0.25, 0.3) is 23.3 Å². The van der Waals surface area contributed by atoms with E-state index in [1.54, 1.807) is 4.68 Å². The van der Waals surface area contributed by atoms with Crippen molar-refractivity contribution in [3.8, 4) is 0 Å². The predicted octanol–water partition coefficient (Wildman–Crippen LogP) is 5.75. The predicted molar refractivity (Wildman–Crippen MR) is 123 cm³/mol. The minimum absolute atomic E-state index is 0.723. The summed E-state index contributed by atoms with van der Waals surface area (Å²) in [4.78, 5) is 0. The van der Waals surface area contributed by atoms with Gasteiger partial charge >= 0.3 is 0 Å². The standard InChI is InChI=1S/C26H24N4/c1-3-24(21-10-6-4-7-11-21)26(22-12-8-5-9-13-22)23-17-14-20(15-18-23)16-19-25-27-28-29-30(25)2/h4-19H,3H2,1-2H3. The van der Waals surface area contributed by atoms with Gasteiger partial charge in [0.1, 0.15) is 0 Å². The van der Waals surface area contributed by atoms with Crippen LogP contribution in [0.1, 0.15) is 41.4 Å². The van der Waals surface area contributed by atoms with Crippen LogP contribution in [-0.4, -0.2) is 20.2 Å². The molecule has 0 aliphatic carbocycles. The molecule has 4 heteroatoms. The van der Waals surface area contributed by atoms with Crippen LogP contribution in [0.4, 0.5) is 0 Å². The number of hydrogen-bond acceptors (Lipinski definition) is 3. The van der Waals surface area contributed by atoms with Crippen molar-refractivity contribution in [2.45, 2.75) is 13.3 Å². The average Bonchev–Trinajstić information content (AvgIpc) is 3.22. The fourth-order valence-corrected chi connectivity index (χ4v) is 3.59. The van der Waals surface area contributed by atoms with Crippen molar-refractivity contribution < 1.29 is 0 Å². The van der Waals surface area contributed by atoms with E-state index in [4.69, 9.17) is 0 Å². The second kappa shape index (κ2) is 9.14. The van der Waals surface area contributed by atoms with Crippen molar-refractivity contribution in [1.29, 1.82) is 0 Å². The Kier molecular flexibility index (Phi) is 5.95. The number of aryl methyl sites for hydroxylation is 1. The monoisotopic (exact) mass is 392 g/mol. The van der Waals surface area contributed by atoms with E-state index in [2.05, 4.69) is 107 Å². The summed E-state index contributed by atoms with van der Waals surface area (Å²) in [6.45, 7) is 2.22. The Balaban J connectivity index is 1.76. The highest BCUT2D eigenvalue weighted by molar-refractivity contribution is 5.98. The number of nitrogens with zero attached hydrogens (tertiary/aromatic N) is 4. The third-order valence-corrected chi connectivity index (χ3v) is 5.12. The smallest absolute Gasteiger partial charge is 0.174 e. The summed E-state index contributed by atoms with van der Waals surface area (Å²) in [6.07, 6.45) is 4.90. The molecule has 0 unspecified atom stereocenters. The Morgan fingerprint density at radius 1 is 0.767 bits per heavy atom. The van der Waals surface area contributed by atoms with Crippen molar-refractivity contribution in [2.24, 2.45) is 7.05 Å². The molecule has 0 N–H and O–H groups in total. The number of hydrogen-bond donors (Lipinski definition) is 0. The van der Waals surface area contributed by atoms with Crippen LogP contribution in [0.2, 0.25) is 0 Å². The first-order valence-electron chi connectivity index (χ1n) is 10.1. The summed E-state index contributed by atoms with van der Waals surface area (Å²) < 4.78 is 1.65. The quantitative estimate of drug-likeness (QED) is 0.392. The summed E-state index contributed by atoms with van der Waals surface area (Å²) in [5.74, 6) is 0.723. The largest absolute Gasteiger partial charge is 0.229 e. The van der Waals surface area contributed by atoms with E-state index < -0.39 is 0 Å². The molecule has 0 atom stereocenters. The maximum absolute atomic E-state index is 3.99. The van der Waals surface area contributed by atoms with Crippen LogP contribution in [0, 0.1) is 0 Å². The molecule has 3 aromatic carbocycles. The van der Waals surface area contributed by atoms with Gasteiger partial charge in [-0.3, -0.25) is 0 Å². The van der Waals surface area contributed by atoms with E-state index in [0.717, 1.165) is 17.8 Å². The van der Waals surface area contributed by atoms with E-state index >= 15 is 0 Å². The molecule has 0 saturated carbocycles. The maximum atomic E-state index is 3.99. The first kappa shape index (κ1) is 19.5. The summed E-state index contributed by atoms with van der Waals surface area (Å²) in [5.41, 5.74) is 7.42. The Labute approximate surface area is 177 Å². The Hall–Kier alpha value is -3.79. The molecular formula is C26H24N4. The number of rotatable bonds is 6. The first-order valence-corrected chi connectivity index (χ1v) is 10.1. The SMILES string of the molecule is CCC(=C(c1ccccc1)c1ccc(C=Cc2nnnn2C)cc1)c1ccccc1. The lowest BCUT2D eigenvalue weighted by Gasteiger charge is -2.16. The molecule has 0 amide bonds. The molecule has 0 spiro atoms. The van der Waals surface area contributed by atoms with E-state index in [1.165, 1.54) is 27.8 Å². The molecule has 4 aromatic rings. The highest BCUT2D eigenvalue weighted by Crippen LogP contribution is 2.34. The molecule has 4 nitrogen and oxygen atoms in total. The number of benzene rings is 3. The van der Waals surface area contributed by atoms with Crippen LogP contribution < -0.4 is 0 Å². The van der Waals surface area contributed by atoms with E-state index in [0.29, 0.717) is 0 Å². The van der Waals surface area contributed by atoms with Gasteiger partial charge in [-0.05, 0) is 56.3 Å². The molecule has 0 bridgehead atoms. The van der Waals surface area contributed by atoms with Gasteiger partial charge in [-0.15, -0.1) is 5.10 Å². The van der Waals surface area contributed by atoms with Gasteiger partial charge in [-0.25, -0.2) is 4.68 Å². The van der Waals surface area contributed by atoms with Crippen LogP contribution in [-0.2, 0) is 7.05 Å². The van der Waals surface area contributed by atoms with Crippen molar-refractivity contribution in [3.63, 3.8) is 0 Å². The molecule has 1 heterocycles. The van der Waals surface area contributed by atoms with Gasteiger partial charge in [0.25, 0.3) is 0 Å². The molecule has 30 heavy (non-hydrogen) atoms. The second-order valence-corrected chi connectivity index (χ2v) is 7.06. The fourth-order valence-electron chi connectivity index (χ4n) is 3.59. The lowest BCUT2D eigenvalue weighted by molar-refractivity contribution is 0.706. The number of aromatic nitrogens is 4. The summed E-state index contributed by atoms with van der Waals surface area (Å²) in [5, 5.41) is 11.5. The average molecular weight is 393 g/mol. The van der Waals surface area contributed by atoms with Gasteiger partial charge in [0.2, 0.25) is 0 Å². The zero-order chi connectivity index (χ0) is 20.8. The summed E-state index contributed by atoms with van der Waals surface area (Å²) >= 11 is 0. The minimum Gasteiger partial charge on any atom is -0.229 e. The van der Waals surface area contributed by atoms with Crippen molar-refractivity contribution in [3.05, 3.63) is 113 Å². The zero-order valence-electron chi connectivity index (χ0n) is 17.2. The molecule has 0 aliphatic heterocycles. The molecular weight excluding hydrogens is 368 g/mol. The normalized spacial score (nSPS) is 12.2. The summed E-state index contributed by atoms with van der Waals surface area (Å²) in [6, 6.07) is 29.9. The third-order valence-electron chi connectivity index (χ3n) is 5.12. The third kappa shape index (κ3) is 4.28. The van der Waals surface area contributed by atoms with Crippen molar-refractivity contribution in [2.75, 3.05) is 0 Å². The minimum atomic E-state index is 0.723. The van der Waals surface area contributed by atoms with Gasteiger partial charge in [-0.1, -0.05) is 97.9 Å². The highest BCUT2D eigenvalue weighted by atomic mass is 15.5. The highest BCUT2D eigenvalue weighted by Gasteiger charge is 2.12. The van der Waals surface area contributed by atoms with Gasteiger partial charge < -0.3 is 0 Å². The molecule has 0 radical (unpaired) electrons. The van der Waals surface area contributed by atoms with Crippen LogP contribution in [0.15, 0.2) is 84.9 Å². The Morgan fingerprint density at radius 2 is 1.37 bits per heavy atom. The molecule has 4 rings (SSSR count). The summed E-state index contributed by atoms with van der Waals surface area (Å²) in [7, 11) is 1.83. The van der Waals surface area contributed by atoms with Gasteiger partial charge in [0.15, 0.2) is 5.82 Å². The van der Waals surface area contributed by atoms with Gasteiger partial charge in [-0.2, -0.15) is 0 Å². The first-order chi connectivity index (χ1) is 14.8. The maximum Gasteiger partial charge on any atom is 0.174 e. The Bertz CT molecular complexity index is 1150. The lowest BCUT2D eigenvalue weighted by Crippen LogP contribution is -1.95. The van der Waals surface area contributed by atoms with E-state index in [-0.39, 0.29) is 0 Å². The zero-order valence-corrected chi connectivity index (χ0v) is 17.2. The van der Waals surface area contributed by atoms with Gasteiger partial charge in [0.05, 0.1) is 0 Å². The van der Waals surface area contributed by atoms with E-state index in [9.17, 15) is 0 Å². The molecule has 0 fully saturated rings. The van der Waals surface area contributed by atoms with Crippen LogP contribution in [0.3, 0.4) is 0 Å². The fraction of sp³-hybridized carbons (Fsp3) is 0.115. The number of allylic oxidation sites excluding steroid dienone is 1. The topological polar surface area (TPSA) is 43.6 Å². The molecule has 148 valence electrons. The van der Waals surface area contributed by atoms with E-state index in [1.807, 2.05) is 19.2 Å². The molecule has 0 aliphatic rings. The van der Waals surface area contributed by atoms with Crippen molar-refractivity contribution in [1.82, 2.24) is 20.2 Å². The second-order valence-electron chi connectivity index (χ2n) is 7.06. The Morgan fingerprint density at radius 3 is 1.93 bits per heavy atom. The van der Waals surface area contributed by atoms with Crippen LogP contribution >= 0.6 is 0 Å². The number of tetrazole rings is 1.